The summed E-state index contributed by atoms with van der Waals surface area (Å²) in [5, 5.41) is 4.42. The van der Waals surface area contributed by atoms with E-state index < -0.39 is 0 Å². The third-order valence-corrected chi connectivity index (χ3v) is 3.38. The number of carbonyl (C=O) groups is 1. The molecule has 19 heavy (non-hydrogen) atoms. The molecule has 3 aromatic carbocycles. The summed E-state index contributed by atoms with van der Waals surface area (Å²) >= 11 is 0. The van der Waals surface area contributed by atoms with Crippen LogP contribution in [0.25, 0.3) is 21.5 Å². The van der Waals surface area contributed by atoms with Gasteiger partial charge in [-0.15, -0.1) is 0 Å². The Bertz CT molecular complexity index is 812. The van der Waals surface area contributed by atoms with Crippen molar-refractivity contribution in [2.75, 3.05) is 0 Å². The van der Waals surface area contributed by atoms with Crippen molar-refractivity contribution >= 4 is 27.3 Å². The number of benzene rings is 3. The van der Waals surface area contributed by atoms with Gasteiger partial charge in [0.25, 0.3) is 0 Å². The summed E-state index contributed by atoms with van der Waals surface area (Å²) < 4.78 is 0. The molecule has 0 atom stereocenters. The Hall–Kier alpha value is -2.41. The van der Waals surface area contributed by atoms with Gasteiger partial charge < -0.3 is 0 Å². The van der Waals surface area contributed by atoms with Crippen molar-refractivity contribution in [1.29, 1.82) is 0 Å². The number of allylic oxidation sites excluding steroid dienone is 1. The number of hydrogen-bond donors (Lipinski definition) is 0. The van der Waals surface area contributed by atoms with E-state index in [1.807, 2.05) is 30.3 Å². The Kier molecular flexibility index (Phi) is 2.68. The first-order valence-electron chi connectivity index (χ1n) is 6.28. The maximum atomic E-state index is 12.2. The average Bonchev–Trinajstić information content (AvgIpc) is 2.43. The molecule has 92 valence electrons. The van der Waals surface area contributed by atoms with Gasteiger partial charge in [0.15, 0.2) is 5.78 Å². The Morgan fingerprint density at radius 1 is 0.895 bits per heavy atom. The van der Waals surface area contributed by atoms with E-state index in [0.29, 0.717) is 5.57 Å². The number of carbonyl (C=O) groups excluding carboxylic acids is 1. The van der Waals surface area contributed by atoms with Crippen molar-refractivity contribution in [3.63, 3.8) is 0 Å². The lowest BCUT2D eigenvalue weighted by molar-refractivity contribution is 0.103. The van der Waals surface area contributed by atoms with Gasteiger partial charge in [0.2, 0.25) is 0 Å². The highest BCUT2D eigenvalue weighted by molar-refractivity contribution is 6.17. The topological polar surface area (TPSA) is 17.1 Å². The normalized spacial score (nSPS) is 10.8. The lowest BCUT2D eigenvalue weighted by Crippen LogP contribution is -2.00. The zero-order chi connectivity index (χ0) is 13.4. The summed E-state index contributed by atoms with van der Waals surface area (Å²) in [6.45, 7) is 5.50. The van der Waals surface area contributed by atoms with Crippen LogP contribution in [0.5, 0.6) is 0 Å². The SMILES string of the molecule is C=C(C)C(=O)c1cccc2cc3ccccc3cc12. The van der Waals surface area contributed by atoms with Crippen LogP contribution < -0.4 is 0 Å². The average molecular weight is 246 g/mol. The van der Waals surface area contributed by atoms with Gasteiger partial charge in [-0.05, 0) is 46.2 Å². The summed E-state index contributed by atoms with van der Waals surface area (Å²) in [5.41, 5.74) is 1.30. The van der Waals surface area contributed by atoms with Gasteiger partial charge in [0.1, 0.15) is 0 Å². The molecule has 0 aliphatic heterocycles. The predicted molar refractivity (Wildman–Crippen MR) is 80.6 cm³/mol. The molecular formula is C18H14O. The summed E-state index contributed by atoms with van der Waals surface area (Å²) in [5.74, 6) is 0.0147. The van der Waals surface area contributed by atoms with E-state index in [1.165, 1.54) is 5.39 Å². The second kappa shape index (κ2) is 4.36. The second-order valence-corrected chi connectivity index (χ2v) is 4.84. The number of hydrogen-bond acceptors (Lipinski definition) is 1. The highest BCUT2D eigenvalue weighted by atomic mass is 16.1. The lowest BCUT2D eigenvalue weighted by Gasteiger charge is -2.07. The Morgan fingerprint density at radius 2 is 1.53 bits per heavy atom. The molecule has 0 aromatic heterocycles. The van der Waals surface area contributed by atoms with Crippen molar-refractivity contribution in [1.82, 2.24) is 0 Å². The van der Waals surface area contributed by atoms with Crippen LogP contribution in [-0.4, -0.2) is 5.78 Å². The van der Waals surface area contributed by atoms with Crippen LogP contribution in [0.1, 0.15) is 17.3 Å². The van der Waals surface area contributed by atoms with Crippen LogP contribution in [0, 0.1) is 0 Å². The fourth-order valence-electron chi connectivity index (χ4n) is 2.39. The van der Waals surface area contributed by atoms with Crippen LogP contribution in [-0.2, 0) is 0 Å². The molecule has 0 saturated carbocycles. The van der Waals surface area contributed by atoms with Gasteiger partial charge in [0, 0.05) is 5.56 Å². The molecule has 0 aliphatic carbocycles. The Morgan fingerprint density at radius 3 is 2.21 bits per heavy atom. The molecule has 0 spiro atoms. The molecule has 0 heterocycles. The molecule has 0 amide bonds. The zero-order valence-electron chi connectivity index (χ0n) is 10.8. The monoisotopic (exact) mass is 246 g/mol. The van der Waals surface area contributed by atoms with Gasteiger partial charge in [-0.3, -0.25) is 4.79 Å². The quantitative estimate of drug-likeness (QED) is 0.362. The fraction of sp³-hybridized carbons (Fsp3) is 0.0556. The van der Waals surface area contributed by atoms with Gasteiger partial charge >= 0.3 is 0 Å². The molecule has 0 saturated heterocycles. The summed E-state index contributed by atoms with van der Waals surface area (Å²) in [6, 6.07) is 18.2. The summed E-state index contributed by atoms with van der Waals surface area (Å²) in [4.78, 5) is 12.2. The van der Waals surface area contributed by atoms with Crippen LogP contribution in [0.2, 0.25) is 0 Å². The minimum atomic E-state index is 0.0147. The van der Waals surface area contributed by atoms with Crippen molar-refractivity contribution < 1.29 is 4.79 Å². The lowest BCUT2D eigenvalue weighted by atomic mass is 9.96. The second-order valence-electron chi connectivity index (χ2n) is 4.84. The van der Waals surface area contributed by atoms with Gasteiger partial charge in [-0.25, -0.2) is 0 Å². The molecule has 3 aromatic rings. The van der Waals surface area contributed by atoms with Crippen molar-refractivity contribution in [3.05, 3.63) is 72.3 Å². The van der Waals surface area contributed by atoms with E-state index in [0.717, 1.165) is 21.7 Å². The molecule has 0 unspecified atom stereocenters. The minimum absolute atomic E-state index is 0.0147. The maximum absolute atomic E-state index is 12.2. The third-order valence-electron chi connectivity index (χ3n) is 3.38. The highest BCUT2D eigenvalue weighted by Gasteiger charge is 2.10. The molecule has 0 radical (unpaired) electrons. The minimum Gasteiger partial charge on any atom is -0.289 e. The molecule has 0 bridgehead atoms. The van der Waals surface area contributed by atoms with E-state index >= 15 is 0 Å². The standard InChI is InChI=1S/C18H14O/c1-12(2)18(19)16-9-5-8-15-10-13-6-3-4-7-14(13)11-17(15)16/h3-11H,1H2,2H3. The van der Waals surface area contributed by atoms with Crippen molar-refractivity contribution in [2.24, 2.45) is 0 Å². The first-order chi connectivity index (χ1) is 9.16. The summed E-state index contributed by atoms with van der Waals surface area (Å²) in [7, 11) is 0. The molecule has 0 fully saturated rings. The van der Waals surface area contributed by atoms with Crippen LogP contribution in [0.15, 0.2) is 66.7 Å². The van der Waals surface area contributed by atoms with Gasteiger partial charge in [0.05, 0.1) is 0 Å². The maximum Gasteiger partial charge on any atom is 0.188 e. The molecule has 0 aliphatic rings. The molecule has 0 N–H and O–H groups in total. The molecular weight excluding hydrogens is 232 g/mol. The number of ketones is 1. The van der Waals surface area contributed by atoms with E-state index in [-0.39, 0.29) is 5.78 Å². The van der Waals surface area contributed by atoms with Crippen molar-refractivity contribution in [3.8, 4) is 0 Å². The first-order valence-corrected chi connectivity index (χ1v) is 6.28. The zero-order valence-corrected chi connectivity index (χ0v) is 10.8. The Labute approximate surface area is 112 Å². The van der Waals surface area contributed by atoms with E-state index in [1.54, 1.807) is 6.92 Å². The first kappa shape index (κ1) is 11.7. The van der Waals surface area contributed by atoms with Crippen LogP contribution >= 0.6 is 0 Å². The number of rotatable bonds is 2. The smallest absolute Gasteiger partial charge is 0.188 e. The van der Waals surface area contributed by atoms with Crippen molar-refractivity contribution in [2.45, 2.75) is 6.92 Å². The Balaban J connectivity index is 2.38. The van der Waals surface area contributed by atoms with Gasteiger partial charge in [-0.1, -0.05) is 49.0 Å². The number of fused-ring (bicyclic) bond motifs is 2. The fourth-order valence-corrected chi connectivity index (χ4v) is 2.39. The molecule has 3 rings (SSSR count). The van der Waals surface area contributed by atoms with E-state index in [9.17, 15) is 4.79 Å². The molecule has 1 heteroatoms. The highest BCUT2D eigenvalue weighted by Crippen LogP contribution is 2.26. The van der Waals surface area contributed by atoms with Gasteiger partial charge in [-0.2, -0.15) is 0 Å². The molecule has 1 nitrogen and oxygen atoms in total. The summed E-state index contributed by atoms with van der Waals surface area (Å²) in [6.07, 6.45) is 0. The van der Waals surface area contributed by atoms with E-state index in [4.69, 9.17) is 0 Å². The van der Waals surface area contributed by atoms with Crippen LogP contribution in [0.3, 0.4) is 0 Å². The van der Waals surface area contributed by atoms with E-state index in [2.05, 4.69) is 30.8 Å². The number of Topliss-reactive ketones (excluding diaryl/α,β-unsaturated/α-hetero) is 1. The van der Waals surface area contributed by atoms with Crippen LogP contribution in [0.4, 0.5) is 0 Å². The largest absolute Gasteiger partial charge is 0.289 e. The predicted octanol–water partition coefficient (Wildman–Crippen LogP) is 4.75. The third kappa shape index (κ3) is 1.93.